The monoisotopic (exact) mass is 195 g/mol. The number of rotatable bonds is 3. The van der Waals surface area contributed by atoms with Crippen LogP contribution in [0, 0.1) is 5.92 Å². The standard InChI is InChI=1S/C8H13N5O/c9-8-11-5-13(12-8)4-2-6-1-3-10-7(6)14/h5-6H,1-4H2,(H2,9,12)(H,10,14). The van der Waals surface area contributed by atoms with Gasteiger partial charge in [0.05, 0.1) is 0 Å². The highest BCUT2D eigenvalue weighted by Crippen LogP contribution is 2.14. The first-order valence-electron chi connectivity index (χ1n) is 4.68. The molecule has 2 heterocycles. The van der Waals surface area contributed by atoms with E-state index in [0.29, 0.717) is 6.54 Å². The summed E-state index contributed by atoms with van der Waals surface area (Å²) in [6.45, 7) is 1.49. The molecule has 1 aliphatic rings. The van der Waals surface area contributed by atoms with Crippen LogP contribution >= 0.6 is 0 Å². The van der Waals surface area contributed by atoms with Crippen molar-refractivity contribution in [2.24, 2.45) is 5.92 Å². The molecule has 6 nitrogen and oxygen atoms in total. The Bertz CT molecular complexity index is 334. The van der Waals surface area contributed by atoms with E-state index in [1.807, 2.05) is 0 Å². The van der Waals surface area contributed by atoms with E-state index in [2.05, 4.69) is 15.4 Å². The lowest BCUT2D eigenvalue weighted by Gasteiger charge is -2.05. The van der Waals surface area contributed by atoms with Gasteiger partial charge >= 0.3 is 0 Å². The molecule has 0 aliphatic carbocycles. The molecule has 1 unspecified atom stereocenters. The van der Waals surface area contributed by atoms with Gasteiger partial charge in [0.2, 0.25) is 11.9 Å². The van der Waals surface area contributed by atoms with Crippen LogP contribution in [0.4, 0.5) is 5.95 Å². The van der Waals surface area contributed by atoms with Gasteiger partial charge in [0.15, 0.2) is 0 Å². The Morgan fingerprint density at radius 3 is 3.14 bits per heavy atom. The van der Waals surface area contributed by atoms with Crippen LogP contribution < -0.4 is 11.1 Å². The van der Waals surface area contributed by atoms with Crippen molar-refractivity contribution in [2.45, 2.75) is 19.4 Å². The van der Waals surface area contributed by atoms with Crippen molar-refractivity contribution in [3.05, 3.63) is 6.33 Å². The minimum Gasteiger partial charge on any atom is -0.367 e. The third kappa shape index (κ3) is 1.84. The SMILES string of the molecule is Nc1ncn(CCC2CCNC2=O)n1. The zero-order valence-electron chi connectivity index (χ0n) is 7.81. The van der Waals surface area contributed by atoms with Gasteiger partial charge in [-0.2, -0.15) is 0 Å². The van der Waals surface area contributed by atoms with Gasteiger partial charge in [-0.25, -0.2) is 4.98 Å². The van der Waals surface area contributed by atoms with Gasteiger partial charge in [-0.05, 0) is 12.8 Å². The van der Waals surface area contributed by atoms with E-state index < -0.39 is 0 Å². The number of hydrogen-bond acceptors (Lipinski definition) is 4. The Hall–Kier alpha value is -1.59. The van der Waals surface area contributed by atoms with Gasteiger partial charge in [0.25, 0.3) is 0 Å². The summed E-state index contributed by atoms with van der Waals surface area (Å²) in [5, 5.41) is 6.75. The first-order chi connectivity index (χ1) is 6.75. The third-order valence-electron chi connectivity index (χ3n) is 2.42. The van der Waals surface area contributed by atoms with Crippen molar-refractivity contribution >= 4 is 11.9 Å². The van der Waals surface area contributed by atoms with E-state index in [1.165, 1.54) is 0 Å². The number of nitrogens with zero attached hydrogens (tertiary/aromatic N) is 3. The van der Waals surface area contributed by atoms with Crippen LogP contribution in [0.25, 0.3) is 0 Å². The van der Waals surface area contributed by atoms with Crippen molar-refractivity contribution in [1.82, 2.24) is 20.1 Å². The zero-order valence-corrected chi connectivity index (χ0v) is 7.81. The normalized spacial score (nSPS) is 21.1. The van der Waals surface area contributed by atoms with E-state index >= 15 is 0 Å². The molecular weight excluding hydrogens is 182 g/mol. The number of anilines is 1. The van der Waals surface area contributed by atoms with E-state index in [9.17, 15) is 4.79 Å². The van der Waals surface area contributed by atoms with Crippen LogP contribution in [0.5, 0.6) is 0 Å². The summed E-state index contributed by atoms with van der Waals surface area (Å²) in [5.74, 6) is 0.555. The Kier molecular flexibility index (Phi) is 2.34. The predicted octanol–water partition coefficient (Wildman–Crippen LogP) is -0.614. The van der Waals surface area contributed by atoms with Crippen molar-refractivity contribution in [2.75, 3.05) is 12.3 Å². The smallest absolute Gasteiger partial charge is 0.239 e. The number of aromatic nitrogens is 3. The summed E-state index contributed by atoms with van der Waals surface area (Å²) >= 11 is 0. The topological polar surface area (TPSA) is 85.8 Å². The Morgan fingerprint density at radius 1 is 1.71 bits per heavy atom. The Labute approximate surface area is 81.5 Å². The number of nitrogens with two attached hydrogens (primary N) is 1. The fourth-order valence-corrected chi connectivity index (χ4v) is 1.63. The molecule has 1 amide bonds. The second kappa shape index (κ2) is 3.65. The molecular formula is C8H13N5O. The zero-order chi connectivity index (χ0) is 9.97. The third-order valence-corrected chi connectivity index (χ3v) is 2.42. The second-order valence-corrected chi connectivity index (χ2v) is 3.43. The van der Waals surface area contributed by atoms with Crippen molar-refractivity contribution < 1.29 is 4.79 Å². The first-order valence-corrected chi connectivity index (χ1v) is 4.68. The van der Waals surface area contributed by atoms with Gasteiger partial charge in [0, 0.05) is 19.0 Å². The summed E-state index contributed by atoms with van der Waals surface area (Å²) in [6, 6.07) is 0. The molecule has 2 rings (SSSR count). The molecule has 3 N–H and O–H groups in total. The van der Waals surface area contributed by atoms with Crippen molar-refractivity contribution in [1.29, 1.82) is 0 Å². The van der Waals surface area contributed by atoms with Gasteiger partial charge in [-0.3, -0.25) is 9.48 Å². The fourth-order valence-electron chi connectivity index (χ4n) is 1.63. The van der Waals surface area contributed by atoms with E-state index in [0.717, 1.165) is 19.4 Å². The molecule has 0 spiro atoms. The van der Waals surface area contributed by atoms with Crippen LogP contribution in [0.3, 0.4) is 0 Å². The number of aryl methyl sites for hydroxylation is 1. The number of carbonyl (C=O) groups is 1. The molecule has 1 fully saturated rings. The lowest BCUT2D eigenvalue weighted by Crippen LogP contribution is -2.20. The quantitative estimate of drug-likeness (QED) is 0.673. The van der Waals surface area contributed by atoms with Crippen LogP contribution in [-0.4, -0.2) is 27.2 Å². The molecule has 14 heavy (non-hydrogen) atoms. The highest BCUT2D eigenvalue weighted by molar-refractivity contribution is 5.80. The van der Waals surface area contributed by atoms with Crippen molar-refractivity contribution in [3.8, 4) is 0 Å². The molecule has 0 aromatic carbocycles. The maximum atomic E-state index is 11.2. The van der Waals surface area contributed by atoms with E-state index in [4.69, 9.17) is 5.73 Å². The molecule has 1 aromatic heterocycles. The molecule has 0 saturated carbocycles. The van der Waals surface area contributed by atoms with Crippen LogP contribution in [-0.2, 0) is 11.3 Å². The molecule has 1 aromatic rings. The highest BCUT2D eigenvalue weighted by atomic mass is 16.2. The van der Waals surface area contributed by atoms with Crippen LogP contribution in [0.15, 0.2) is 6.33 Å². The predicted molar refractivity (Wildman–Crippen MR) is 50.2 cm³/mol. The van der Waals surface area contributed by atoms with E-state index in [-0.39, 0.29) is 17.8 Å². The minimum atomic E-state index is 0.125. The summed E-state index contributed by atoms with van der Waals surface area (Å²) in [4.78, 5) is 15.0. The second-order valence-electron chi connectivity index (χ2n) is 3.43. The molecule has 1 aliphatic heterocycles. The lowest BCUT2D eigenvalue weighted by molar-refractivity contribution is -0.122. The lowest BCUT2D eigenvalue weighted by atomic mass is 10.0. The molecule has 0 bridgehead atoms. The number of amides is 1. The van der Waals surface area contributed by atoms with Crippen molar-refractivity contribution in [3.63, 3.8) is 0 Å². The average molecular weight is 195 g/mol. The summed E-state index contributed by atoms with van der Waals surface area (Å²) in [7, 11) is 0. The highest BCUT2D eigenvalue weighted by Gasteiger charge is 2.23. The fraction of sp³-hybridized carbons (Fsp3) is 0.625. The molecule has 76 valence electrons. The average Bonchev–Trinajstić information content (AvgIpc) is 2.72. The number of carbonyl (C=O) groups excluding carboxylic acids is 1. The minimum absolute atomic E-state index is 0.125. The maximum absolute atomic E-state index is 11.2. The number of hydrogen-bond donors (Lipinski definition) is 2. The summed E-state index contributed by atoms with van der Waals surface area (Å²) < 4.78 is 1.67. The first kappa shape index (κ1) is 8.98. The van der Waals surface area contributed by atoms with Gasteiger partial charge in [-0.15, -0.1) is 5.10 Å². The largest absolute Gasteiger partial charge is 0.367 e. The van der Waals surface area contributed by atoms with Gasteiger partial charge in [0.1, 0.15) is 6.33 Å². The van der Waals surface area contributed by atoms with Gasteiger partial charge in [-0.1, -0.05) is 0 Å². The Balaban J connectivity index is 1.85. The van der Waals surface area contributed by atoms with E-state index in [1.54, 1.807) is 11.0 Å². The molecule has 0 radical (unpaired) electrons. The van der Waals surface area contributed by atoms with Crippen LogP contribution in [0.2, 0.25) is 0 Å². The van der Waals surface area contributed by atoms with Gasteiger partial charge < -0.3 is 11.1 Å². The van der Waals surface area contributed by atoms with Crippen LogP contribution in [0.1, 0.15) is 12.8 Å². The number of nitrogen functional groups attached to an aromatic ring is 1. The summed E-state index contributed by atoms with van der Waals surface area (Å²) in [5.41, 5.74) is 5.37. The maximum Gasteiger partial charge on any atom is 0.239 e. The Morgan fingerprint density at radius 2 is 2.57 bits per heavy atom. The molecule has 1 saturated heterocycles. The molecule has 1 atom stereocenters. The molecule has 6 heteroatoms. The summed E-state index contributed by atoms with van der Waals surface area (Å²) in [6.07, 6.45) is 3.31. The number of nitrogens with one attached hydrogen (secondary N) is 1.